The molecule has 2 N–H and O–H groups in total. The van der Waals surface area contributed by atoms with Crippen molar-refractivity contribution in [2.75, 3.05) is 11.9 Å². The van der Waals surface area contributed by atoms with Crippen molar-refractivity contribution in [3.63, 3.8) is 0 Å². The van der Waals surface area contributed by atoms with E-state index in [4.69, 9.17) is 0 Å². The third kappa shape index (κ3) is 4.60. The molecule has 0 heterocycles. The van der Waals surface area contributed by atoms with Crippen LogP contribution >= 0.6 is 22.6 Å². The molecule has 3 rings (SSSR count). The predicted octanol–water partition coefficient (Wildman–Crippen LogP) is 4.05. The second-order valence-electron chi connectivity index (χ2n) is 6.10. The summed E-state index contributed by atoms with van der Waals surface area (Å²) in [4.78, 5) is 24.3. The number of aryl methyl sites for hydroxylation is 1. The molecule has 0 unspecified atom stereocenters. The first-order chi connectivity index (χ1) is 12.5. The predicted molar refractivity (Wildman–Crippen MR) is 113 cm³/mol. The Bertz CT molecular complexity index is 964. The smallest absolute Gasteiger partial charge is 0.243 e. The van der Waals surface area contributed by atoms with Gasteiger partial charge in [-0.1, -0.05) is 42.5 Å². The monoisotopic (exact) mass is 458 g/mol. The minimum Gasteiger partial charge on any atom is -0.347 e. The Morgan fingerprint density at radius 2 is 1.73 bits per heavy atom. The Hall–Kier alpha value is -2.41. The van der Waals surface area contributed by atoms with Crippen LogP contribution in [0.3, 0.4) is 0 Å². The van der Waals surface area contributed by atoms with E-state index in [1.807, 2.05) is 67.6 Å². The second-order valence-corrected chi connectivity index (χ2v) is 7.34. The van der Waals surface area contributed by atoms with Crippen LogP contribution in [0, 0.1) is 10.5 Å². The number of anilines is 1. The highest BCUT2D eigenvalue weighted by molar-refractivity contribution is 14.1. The van der Waals surface area contributed by atoms with E-state index in [1.54, 1.807) is 0 Å². The topological polar surface area (TPSA) is 58.2 Å². The first kappa shape index (κ1) is 18.4. The number of hydrogen-bond donors (Lipinski definition) is 2. The lowest BCUT2D eigenvalue weighted by Gasteiger charge is -2.10. The molecule has 0 fully saturated rings. The van der Waals surface area contributed by atoms with Crippen LogP contribution in [0.1, 0.15) is 11.1 Å². The number of carbonyl (C=O) groups excluding carboxylic acids is 2. The summed E-state index contributed by atoms with van der Waals surface area (Å²) >= 11 is 2.23. The van der Waals surface area contributed by atoms with Gasteiger partial charge < -0.3 is 10.6 Å². The summed E-state index contributed by atoms with van der Waals surface area (Å²) in [6.07, 6.45) is 0.247. The van der Waals surface area contributed by atoms with Gasteiger partial charge in [-0.3, -0.25) is 9.59 Å². The second kappa shape index (κ2) is 8.31. The van der Waals surface area contributed by atoms with Crippen LogP contribution in [0.5, 0.6) is 0 Å². The van der Waals surface area contributed by atoms with Crippen molar-refractivity contribution in [1.29, 1.82) is 0 Å². The number of fused-ring (bicyclic) bond motifs is 1. The van der Waals surface area contributed by atoms with Gasteiger partial charge in [0.1, 0.15) is 0 Å². The van der Waals surface area contributed by atoms with E-state index in [1.165, 1.54) is 0 Å². The Morgan fingerprint density at radius 1 is 0.962 bits per heavy atom. The minimum absolute atomic E-state index is 0.0466. The van der Waals surface area contributed by atoms with Crippen molar-refractivity contribution >= 4 is 50.9 Å². The van der Waals surface area contributed by atoms with Crippen molar-refractivity contribution in [3.05, 3.63) is 75.4 Å². The molecule has 0 radical (unpaired) electrons. The van der Waals surface area contributed by atoms with Crippen LogP contribution in [0.4, 0.5) is 5.69 Å². The van der Waals surface area contributed by atoms with E-state index < -0.39 is 0 Å². The molecule has 0 spiro atoms. The first-order valence-corrected chi connectivity index (χ1v) is 9.40. The van der Waals surface area contributed by atoms with Crippen LogP contribution in [0.2, 0.25) is 0 Å². The quantitative estimate of drug-likeness (QED) is 0.567. The number of halogens is 1. The molecule has 3 aromatic carbocycles. The molecule has 0 saturated carbocycles. The van der Waals surface area contributed by atoms with E-state index in [0.717, 1.165) is 31.2 Å². The van der Waals surface area contributed by atoms with E-state index in [0.29, 0.717) is 0 Å². The molecule has 0 aliphatic heterocycles. The molecule has 4 nitrogen and oxygen atoms in total. The largest absolute Gasteiger partial charge is 0.347 e. The number of nitrogens with one attached hydrogen (secondary N) is 2. The SMILES string of the molecule is Cc1cc(I)ccc1NC(=O)CNC(=O)Cc1cccc2ccccc12. The van der Waals surface area contributed by atoms with Crippen molar-refractivity contribution in [1.82, 2.24) is 5.32 Å². The van der Waals surface area contributed by atoms with Gasteiger partial charge in [0.05, 0.1) is 13.0 Å². The maximum absolute atomic E-state index is 12.2. The van der Waals surface area contributed by atoms with Gasteiger partial charge in [-0.05, 0) is 69.6 Å². The number of rotatable bonds is 5. The standard InChI is InChI=1S/C21H19IN2O2/c1-14-11-17(22)9-10-19(14)24-21(26)13-23-20(25)12-16-7-4-6-15-5-2-3-8-18(15)16/h2-11H,12-13H2,1H3,(H,23,25)(H,24,26). The van der Waals surface area contributed by atoms with Crippen LogP contribution < -0.4 is 10.6 Å². The van der Waals surface area contributed by atoms with Gasteiger partial charge in [-0.2, -0.15) is 0 Å². The zero-order valence-corrected chi connectivity index (χ0v) is 16.5. The lowest BCUT2D eigenvalue weighted by Crippen LogP contribution is -2.33. The van der Waals surface area contributed by atoms with Crippen molar-refractivity contribution in [3.8, 4) is 0 Å². The highest BCUT2D eigenvalue weighted by Gasteiger charge is 2.10. The number of hydrogen-bond acceptors (Lipinski definition) is 2. The van der Waals surface area contributed by atoms with E-state index in [9.17, 15) is 9.59 Å². The fourth-order valence-corrected chi connectivity index (χ4v) is 3.47. The number of amides is 2. The molecular formula is C21H19IN2O2. The lowest BCUT2D eigenvalue weighted by atomic mass is 10.0. The van der Waals surface area contributed by atoms with Gasteiger partial charge in [-0.15, -0.1) is 0 Å². The van der Waals surface area contributed by atoms with Gasteiger partial charge in [0.15, 0.2) is 0 Å². The molecule has 0 atom stereocenters. The maximum atomic E-state index is 12.2. The molecule has 0 bridgehead atoms. The van der Waals surface area contributed by atoms with Crippen molar-refractivity contribution < 1.29 is 9.59 Å². The third-order valence-corrected chi connectivity index (χ3v) is 4.81. The molecule has 2 amide bonds. The summed E-state index contributed by atoms with van der Waals surface area (Å²) in [5.74, 6) is -0.406. The molecule has 5 heteroatoms. The fourth-order valence-electron chi connectivity index (χ4n) is 2.82. The van der Waals surface area contributed by atoms with Gasteiger partial charge in [0.2, 0.25) is 11.8 Å². The molecule has 0 aliphatic carbocycles. The summed E-state index contributed by atoms with van der Waals surface area (Å²) in [6.45, 7) is 1.89. The molecule has 132 valence electrons. The van der Waals surface area contributed by atoms with Crippen LogP contribution in [0.25, 0.3) is 10.8 Å². The summed E-state index contributed by atoms with van der Waals surface area (Å²) in [7, 11) is 0. The molecular weight excluding hydrogens is 439 g/mol. The maximum Gasteiger partial charge on any atom is 0.243 e. The zero-order valence-electron chi connectivity index (χ0n) is 14.4. The Labute approximate surface area is 166 Å². The molecule has 0 aliphatic rings. The summed E-state index contributed by atoms with van der Waals surface area (Å²) < 4.78 is 1.11. The summed E-state index contributed by atoms with van der Waals surface area (Å²) in [5, 5.41) is 7.68. The van der Waals surface area contributed by atoms with E-state index in [-0.39, 0.29) is 24.8 Å². The minimum atomic E-state index is -0.236. The van der Waals surface area contributed by atoms with Crippen LogP contribution in [0.15, 0.2) is 60.7 Å². The van der Waals surface area contributed by atoms with Gasteiger partial charge >= 0.3 is 0 Å². The van der Waals surface area contributed by atoms with Crippen molar-refractivity contribution in [2.45, 2.75) is 13.3 Å². The summed E-state index contributed by atoms with van der Waals surface area (Å²) in [5.41, 5.74) is 2.71. The average molecular weight is 458 g/mol. The fraction of sp³-hybridized carbons (Fsp3) is 0.143. The molecule has 0 aromatic heterocycles. The summed E-state index contributed by atoms with van der Waals surface area (Å²) in [6, 6.07) is 19.7. The molecule has 3 aromatic rings. The normalized spacial score (nSPS) is 10.5. The number of benzene rings is 3. The van der Waals surface area contributed by atoms with Crippen LogP contribution in [-0.2, 0) is 16.0 Å². The first-order valence-electron chi connectivity index (χ1n) is 8.32. The van der Waals surface area contributed by atoms with Crippen LogP contribution in [-0.4, -0.2) is 18.4 Å². The van der Waals surface area contributed by atoms with Crippen molar-refractivity contribution in [2.24, 2.45) is 0 Å². The van der Waals surface area contributed by atoms with E-state index in [2.05, 4.69) is 33.2 Å². The Morgan fingerprint density at radius 3 is 2.54 bits per heavy atom. The van der Waals surface area contributed by atoms with Gasteiger partial charge in [0, 0.05) is 9.26 Å². The highest BCUT2D eigenvalue weighted by Crippen LogP contribution is 2.19. The lowest BCUT2D eigenvalue weighted by molar-refractivity contribution is -0.123. The van der Waals surface area contributed by atoms with E-state index >= 15 is 0 Å². The van der Waals surface area contributed by atoms with Gasteiger partial charge in [-0.25, -0.2) is 0 Å². The molecule has 0 saturated heterocycles. The zero-order chi connectivity index (χ0) is 18.5. The Kier molecular flexibility index (Phi) is 5.88. The average Bonchev–Trinajstić information content (AvgIpc) is 2.63. The number of carbonyl (C=O) groups is 2. The Balaban J connectivity index is 1.57. The highest BCUT2D eigenvalue weighted by atomic mass is 127. The molecule has 26 heavy (non-hydrogen) atoms. The van der Waals surface area contributed by atoms with Gasteiger partial charge in [0.25, 0.3) is 0 Å². The third-order valence-electron chi connectivity index (χ3n) is 4.14.